The molecule has 0 N–H and O–H groups in total. The SMILES string of the molecule is Cc1ccccc1C[C@@H](C1CCN(C(=O)CCc2scnc2C)CC1)N(C)C(=O)Cn1cccn1. The van der Waals surface area contributed by atoms with E-state index in [4.69, 9.17) is 0 Å². The van der Waals surface area contributed by atoms with Gasteiger partial charge in [-0.05, 0) is 62.6 Å². The molecule has 0 bridgehead atoms. The molecule has 186 valence electrons. The molecule has 0 aliphatic carbocycles. The topological polar surface area (TPSA) is 71.3 Å². The molecule has 0 radical (unpaired) electrons. The fourth-order valence-corrected chi connectivity index (χ4v) is 5.77. The van der Waals surface area contributed by atoms with Crippen LogP contribution in [0.25, 0.3) is 0 Å². The third kappa shape index (κ3) is 6.36. The number of amides is 2. The largest absolute Gasteiger partial charge is 0.343 e. The van der Waals surface area contributed by atoms with E-state index in [1.54, 1.807) is 22.2 Å². The number of piperidine rings is 1. The molecule has 0 saturated carbocycles. The van der Waals surface area contributed by atoms with Crippen LogP contribution in [0.4, 0.5) is 0 Å². The van der Waals surface area contributed by atoms with Gasteiger partial charge in [-0.2, -0.15) is 5.10 Å². The summed E-state index contributed by atoms with van der Waals surface area (Å²) in [6.45, 7) is 5.86. The van der Waals surface area contributed by atoms with Crippen LogP contribution in [0.2, 0.25) is 0 Å². The summed E-state index contributed by atoms with van der Waals surface area (Å²) in [5, 5.41) is 4.20. The van der Waals surface area contributed by atoms with Gasteiger partial charge in [-0.1, -0.05) is 24.3 Å². The maximum atomic E-state index is 13.2. The maximum absolute atomic E-state index is 13.2. The molecule has 1 aromatic carbocycles. The lowest BCUT2D eigenvalue weighted by atomic mass is 9.84. The summed E-state index contributed by atoms with van der Waals surface area (Å²) in [5.74, 6) is 0.620. The molecule has 1 saturated heterocycles. The highest BCUT2D eigenvalue weighted by Crippen LogP contribution is 2.28. The molecular formula is C27H35N5O2S. The molecule has 1 atom stereocenters. The summed E-state index contributed by atoms with van der Waals surface area (Å²) in [5.41, 5.74) is 5.40. The van der Waals surface area contributed by atoms with Crippen LogP contribution >= 0.6 is 11.3 Å². The van der Waals surface area contributed by atoms with Gasteiger partial charge in [-0.25, -0.2) is 4.98 Å². The van der Waals surface area contributed by atoms with Gasteiger partial charge in [0.25, 0.3) is 0 Å². The number of benzene rings is 1. The summed E-state index contributed by atoms with van der Waals surface area (Å²) < 4.78 is 1.68. The van der Waals surface area contributed by atoms with Gasteiger partial charge in [0.1, 0.15) is 6.54 Å². The van der Waals surface area contributed by atoms with Crippen molar-refractivity contribution in [3.63, 3.8) is 0 Å². The Labute approximate surface area is 211 Å². The second-order valence-corrected chi connectivity index (χ2v) is 10.4. The van der Waals surface area contributed by atoms with Crippen molar-refractivity contribution in [3.8, 4) is 0 Å². The van der Waals surface area contributed by atoms with E-state index in [1.165, 1.54) is 16.0 Å². The van der Waals surface area contributed by atoms with Crippen molar-refractivity contribution in [2.45, 2.75) is 58.5 Å². The number of rotatable bonds is 9. The second-order valence-electron chi connectivity index (χ2n) is 9.49. The van der Waals surface area contributed by atoms with Crippen LogP contribution in [0.15, 0.2) is 48.2 Å². The van der Waals surface area contributed by atoms with E-state index < -0.39 is 0 Å². The fraction of sp³-hybridized carbons (Fsp3) is 0.481. The van der Waals surface area contributed by atoms with Crippen LogP contribution in [-0.4, -0.2) is 62.6 Å². The number of carbonyl (C=O) groups is 2. The zero-order chi connectivity index (χ0) is 24.8. The minimum absolute atomic E-state index is 0.0608. The number of carbonyl (C=O) groups excluding carboxylic acids is 2. The van der Waals surface area contributed by atoms with Crippen LogP contribution in [-0.2, 0) is 29.0 Å². The molecule has 8 heteroatoms. The molecule has 4 rings (SSSR count). The first-order chi connectivity index (χ1) is 16.9. The molecule has 1 aliphatic rings. The van der Waals surface area contributed by atoms with E-state index in [2.05, 4.69) is 41.3 Å². The van der Waals surface area contributed by atoms with Gasteiger partial charge in [0.15, 0.2) is 0 Å². The zero-order valence-corrected chi connectivity index (χ0v) is 21.7. The average molecular weight is 494 g/mol. The van der Waals surface area contributed by atoms with Crippen molar-refractivity contribution < 1.29 is 9.59 Å². The molecule has 0 spiro atoms. The van der Waals surface area contributed by atoms with Crippen molar-refractivity contribution >= 4 is 23.2 Å². The number of likely N-dealkylation sites (N-methyl/N-ethyl adjacent to an activating group) is 1. The standard InChI is InChI=1S/C27H35N5O2S/c1-20-7-4-5-8-23(20)17-24(30(3)27(34)18-32-14-6-13-29-32)22-11-15-31(16-12-22)26(33)10-9-25-21(2)28-19-35-25/h4-8,13-14,19,22,24H,9-12,15-18H2,1-3H3/t24-/m0/s1. The Morgan fingerprint density at radius 1 is 1.17 bits per heavy atom. The number of likely N-dealkylation sites (tertiary alicyclic amines) is 1. The van der Waals surface area contributed by atoms with Crippen LogP contribution in [0.3, 0.4) is 0 Å². The first kappa shape index (κ1) is 25.1. The third-order valence-corrected chi connectivity index (χ3v) is 8.28. The number of nitrogens with zero attached hydrogens (tertiary/aromatic N) is 5. The lowest BCUT2D eigenvalue weighted by Crippen LogP contribution is -2.49. The number of hydrogen-bond acceptors (Lipinski definition) is 5. The minimum Gasteiger partial charge on any atom is -0.343 e. The van der Waals surface area contributed by atoms with Crippen LogP contribution in [0, 0.1) is 19.8 Å². The molecule has 3 heterocycles. The Hall–Kier alpha value is -3.00. The van der Waals surface area contributed by atoms with Gasteiger partial charge in [-0.15, -0.1) is 11.3 Å². The Morgan fingerprint density at radius 2 is 1.94 bits per heavy atom. The van der Waals surface area contributed by atoms with Gasteiger partial charge in [-0.3, -0.25) is 14.3 Å². The van der Waals surface area contributed by atoms with Gasteiger partial charge >= 0.3 is 0 Å². The zero-order valence-electron chi connectivity index (χ0n) is 20.9. The molecular weight excluding hydrogens is 458 g/mol. The van der Waals surface area contributed by atoms with E-state index >= 15 is 0 Å². The Balaban J connectivity index is 1.40. The van der Waals surface area contributed by atoms with Crippen LogP contribution < -0.4 is 0 Å². The lowest BCUT2D eigenvalue weighted by molar-refractivity contribution is -0.137. The van der Waals surface area contributed by atoms with Crippen molar-refractivity contribution in [2.24, 2.45) is 5.92 Å². The second kappa shape index (κ2) is 11.6. The first-order valence-electron chi connectivity index (χ1n) is 12.4. The van der Waals surface area contributed by atoms with E-state index in [0.29, 0.717) is 12.3 Å². The number of aryl methyl sites for hydroxylation is 3. The highest BCUT2D eigenvalue weighted by Gasteiger charge is 2.33. The summed E-state index contributed by atoms with van der Waals surface area (Å²) >= 11 is 1.63. The normalized spacial score (nSPS) is 15.2. The minimum atomic E-state index is 0.0608. The summed E-state index contributed by atoms with van der Waals surface area (Å²) in [6, 6.07) is 10.3. The number of hydrogen-bond donors (Lipinski definition) is 0. The summed E-state index contributed by atoms with van der Waals surface area (Å²) in [7, 11) is 1.92. The van der Waals surface area contributed by atoms with E-state index in [9.17, 15) is 9.59 Å². The van der Waals surface area contributed by atoms with E-state index in [-0.39, 0.29) is 24.4 Å². The maximum Gasteiger partial charge on any atom is 0.244 e. The Bertz CT molecular complexity index is 1120. The number of thiazole rings is 1. The molecule has 2 aromatic heterocycles. The van der Waals surface area contributed by atoms with Gasteiger partial charge < -0.3 is 9.80 Å². The molecule has 0 unspecified atom stereocenters. The van der Waals surface area contributed by atoms with Gasteiger partial charge in [0.05, 0.1) is 11.2 Å². The van der Waals surface area contributed by atoms with Crippen molar-refractivity contribution in [1.82, 2.24) is 24.6 Å². The highest BCUT2D eigenvalue weighted by molar-refractivity contribution is 7.09. The molecule has 3 aromatic rings. The summed E-state index contributed by atoms with van der Waals surface area (Å²) in [6.07, 6.45) is 7.43. The Kier molecular flexibility index (Phi) is 8.33. The average Bonchev–Trinajstić information content (AvgIpc) is 3.53. The Morgan fingerprint density at radius 3 is 2.60 bits per heavy atom. The van der Waals surface area contributed by atoms with Crippen LogP contribution in [0.5, 0.6) is 0 Å². The predicted molar refractivity (Wildman–Crippen MR) is 138 cm³/mol. The lowest BCUT2D eigenvalue weighted by Gasteiger charge is -2.40. The summed E-state index contributed by atoms with van der Waals surface area (Å²) in [4.78, 5) is 35.4. The smallest absolute Gasteiger partial charge is 0.244 e. The number of aromatic nitrogens is 3. The van der Waals surface area contributed by atoms with Crippen molar-refractivity contribution in [3.05, 3.63) is 69.9 Å². The first-order valence-corrected chi connectivity index (χ1v) is 13.2. The van der Waals surface area contributed by atoms with Crippen LogP contribution in [0.1, 0.15) is 41.0 Å². The van der Waals surface area contributed by atoms with E-state index in [0.717, 1.165) is 44.5 Å². The van der Waals surface area contributed by atoms with Gasteiger partial charge in [0, 0.05) is 49.9 Å². The fourth-order valence-electron chi connectivity index (χ4n) is 4.99. The predicted octanol–water partition coefficient (Wildman–Crippen LogP) is 3.90. The quantitative estimate of drug-likeness (QED) is 0.453. The molecule has 7 nitrogen and oxygen atoms in total. The monoisotopic (exact) mass is 493 g/mol. The third-order valence-electron chi connectivity index (χ3n) is 7.28. The van der Waals surface area contributed by atoms with Crippen molar-refractivity contribution in [1.29, 1.82) is 0 Å². The van der Waals surface area contributed by atoms with E-state index in [1.807, 2.05) is 41.5 Å². The molecule has 35 heavy (non-hydrogen) atoms. The molecule has 1 fully saturated rings. The van der Waals surface area contributed by atoms with Gasteiger partial charge in [0.2, 0.25) is 11.8 Å². The highest BCUT2D eigenvalue weighted by atomic mass is 32.1. The van der Waals surface area contributed by atoms with Crippen molar-refractivity contribution in [2.75, 3.05) is 20.1 Å². The molecule has 2 amide bonds. The molecule has 1 aliphatic heterocycles.